The van der Waals surface area contributed by atoms with Crippen molar-refractivity contribution in [1.29, 1.82) is 0 Å². The highest BCUT2D eigenvalue weighted by molar-refractivity contribution is 5.94. The van der Waals surface area contributed by atoms with Gasteiger partial charge in [0.05, 0.1) is 6.04 Å². The van der Waals surface area contributed by atoms with Gasteiger partial charge in [-0.1, -0.05) is 48.9 Å². The second-order valence-electron chi connectivity index (χ2n) is 7.79. The second-order valence-corrected chi connectivity index (χ2v) is 7.79. The van der Waals surface area contributed by atoms with Crippen molar-refractivity contribution in [2.75, 3.05) is 13.1 Å². The third kappa shape index (κ3) is 4.95. The predicted octanol–water partition coefficient (Wildman–Crippen LogP) is 4.72. The maximum Gasteiger partial charge on any atom is 0.251 e. The number of amides is 1. The zero-order valence-electron chi connectivity index (χ0n) is 16.2. The Kier molecular flexibility index (Phi) is 6.10. The molecule has 0 saturated carbocycles. The summed E-state index contributed by atoms with van der Waals surface area (Å²) >= 11 is 0. The SMILES string of the molecule is Cc1ccc([C@@H](C)NC(=O)c2ccc(CN3CCC[C@@H](C)C3)cc2)cc1. The van der Waals surface area contributed by atoms with Gasteiger partial charge in [-0.25, -0.2) is 0 Å². The molecule has 2 atom stereocenters. The number of carbonyl (C=O) groups is 1. The molecule has 0 aliphatic carbocycles. The molecule has 26 heavy (non-hydrogen) atoms. The van der Waals surface area contributed by atoms with Crippen molar-refractivity contribution in [2.45, 2.75) is 46.2 Å². The van der Waals surface area contributed by atoms with Gasteiger partial charge in [0.2, 0.25) is 0 Å². The van der Waals surface area contributed by atoms with Gasteiger partial charge in [-0.2, -0.15) is 0 Å². The molecule has 1 aliphatic heterocycles. The third-order valence-electron chi connectivity index (χ3n) is 5.29. The highest BCUT2D eigenvalue weighted by Gasteiger charge is 2.16. The van der Waals surface area contributed by atoms with E-state index in [1.54, 1.807) is 0 Å². The van der Waals surface area contributed by atoms with Gasteiger partial charge in [-0.3, -0.25) is 9.69 Å². The number of hydrogen-bond donors (Lipinski definition) is 1. The lowest BCUT2D eigenvalue weighted by Crippen LogP contribution is -2.33. The van der Waals surface area contributed by atoms with Gasteiger partial charge in [0.1, 0.15) is 0 Å². The van der Waals surface area contributed by atoms with Gasteiger partial charge in [0, 0.05) is 18.7 Å². The number of nitrogens with zero attached hydrogens (tertiary/aromatic N) is 1. The smallest absolute Gasteiger partial charge is 0.251 e. The topological polar surface area (TPSA) is 32.3 Å². The van der Waals surface area contributed by atoms with Crippen LogP contribution in [0.2, 0.25) is 0 Å². The normalized spacial score (nSPS) is 19.1. The number of likely N-dealkylation sites (tertiary alicyclic amines) is 1. The molecule has 2 aromatic rings. The Balaban J connectivity index is 1.57. The van der Waals surface area contributed by atoms with Crippen molar-refractivity contribution in [1.82, 2.24) is 10.2 Å². The van der Waals surface area contributed by atoms with Crippen LogP contribution in [0.25, 0.3) is 0 Å². The first-order valence-electron chi connectivity index (χ1n) is 9.70. The van der Waals surface area contributed by atoms with Crippen molar-refractivity contribution in [2.24, 2.45) is 5.92 Å². The summed E-state index contributed by atoms with van der Waals surface area (Å²) in [7, 11) is 0. The number of aryl methyl sites for hydroxylation is 1. The predicted molar refractivity (Wildman–Crippen MR) is 107 cm³/mol. The van der Waals surface area contributed by atoms with Gasteiger partial charge in [0.25, 0.3) is 5.91 Å². The van der Waals surface area contributed by atoms with Crippen LogP contribution in [0.5, 0.6) is 0 Å². The number of carbonyl (C=O) groups excluding carboxylic acids is 1. The Morgan fingerprint density at radius 3 is 2.50 bits per heavy atom. The van der Waals surface area contributed by atoms with E-state index >= 15 is 0 Å². The molecule has 0 unspecified atom stereocenters. The molecule has 1 heterocycles. The molecular formula is C23H30N2O. The number of piperidine rings is 1. The van der Waals surface area contributed by atoms with Crippen LogP contribution in [0.3, 0.4) is 0 Å². The molecule has 1 amide bonds. The fraction of sp³-hybridized carbons (Fsp3) is 0.435. The van der Waals surface area contributed by atoms with Crippen molar-refractivity contribution in [3.63, 3.8) is 0 Å². The summed E-state index contributed by atoms with van der Waals surface area (Å²) < 4.78 is 0. The molecule has 3 heteroatoms. The molecule has 1 saturated heterocycles. The Bertz CT molecular complexity index is 721. The van der Waals surface area contributed by atoms with Crippen LogP contribution in [-0.4, -0.2) is 23.9 Å². The maximum atomic E-state index is 12.5. The summed E-state index contributed by atoms with van der Waals surface area (Å²) in [6.07, 6.45) is 2.63. The molecule has 2 aromatic carbocycles. The zero-order chi connectivity index (χ0) is 18.5. The van der Waals surface area contributed by atoms with E-state index in [1.807, 2.05) is 19.1 Å². The summed E-state index contributed by atoms with van der Waals surface area (Å²) in [5.41, 5.74) is 4.35. The van der Waals surface area contributed by atoms with Gasteiger partial charge in [-0.15, -0.1) is 0 Å². The number of benzene rings is 2. The summed E-state index contributed by atoms with van der Waals surface area (Å²) in [5.74, 6) is 0.772. The largest absolute Gasteiger partial charge is 0.346 e. The van der Waals surface area contributed by atoms with Crippen molar-refractivity contribution < 1.29 is 4.79 Å². The third-order valence-corrected chi connectivity index (χ3v) is 5.29. The van der Waals surface area contributed by atoms with Crippen LogP contribution in [0.4, 0.5) is 0 Å². The lowest BCUT2D eigenvalue weighted by molar-refractivity contribution is 0.0940. The average molecular weight is 351 g/mol. The number of hydrogen-bond acceptors (Lipinski definition) is 2. The fourth-order valence-electron chi connectivity index (χ4n) is 3.67. The van der Waals surface area contributed by atoms with Crippen LogP contribution in [0, 0.1) is 12.8 Å². The van der Waals surface area contributed by atoms with Crippen LogP contribution < -0.4 is 5.32 Å². The van der Waals surface area contributed by atoms with E-state index in [-0.39, 0.29) is 11.9 Å². The summed E-state index contributed by atoms with van der Waals surface area (Å²) in [6, 6.07) is 16.4. The van der Waals surface area contributed by atoms with Gasteiger partial charge in [0.15, 0.2) is 0 Å². The lowest BCUT2D eigenvalue weighted by atomic mass is 9.99. The van der Waals surface area contributed by atoms with Gasteiger partial charge in [-0.05, 0) is 62.4 Å². The molecule has 3 rings (SSSR count). The minimum atomic E-state index is -0.0174. The van der Waals surface area contributed by atoms with E-state index in [0.29, 0.717) is 0 Å². The van der Waals surface area contributed by atoms with Crippen LogP contribution in [0.1, 0.15) is 59.8 Å². The van der Waals surface area contributed by atoms with E-state index < -0.39 is 0 Å². The maximum absolute atomic E-state index is 12.5. The van der Waals surface area contributed by atoms with Crippen molar-refractivity contribution in [3.05, 3.63) is 70.8 Å². The van der Waals surface area contributed by atoms with Crippen molar-refractivity contribution >= 4 is 5.91 Å². The summed E-state index contributed by atoms with van der Waals surface area (Å²) in [5, 5.41) is 3.09. The molecule has 0 bridgehead atoms. The fourth-order valence-corrected chi connectivity index (χ4v) is 3.67. The minimum absolute atomic E-state index is 0.00221. The lowest BCUT2D eigenvalue weighted by Gasteiger charge is -2.30. The average Bonchev–Trinajstić information content (AvgIpc) is 2.63. The number of rotatable bonds is 5. The molecule has 1 N–H and O–H groups in total. The molecule has 1 aliphatic rings. The second kappa shape index (κ2) is 8.50. The molecule has 0 spiro atoms. The van der Waals surface area contributed by atoms with Crippen LogP contribution in [0.15, 0.2) is 48.5 Å². The Morgan fingerprint density at radius 2 is 1.85 bits per heavy atom. The molecule has 138 valence electrons. The first-order valence-corrected chi connectivity index (χ1v) is 9.70. The van der Waals surface area contributed by atoms with Crippen molar-refractivity contribution in [3.8, 4) is 0 Å². The van der Waals surface area contributed by atoms with E-state index in [2.05, 4.69) is 60.5 Å². The van der Waals surface area contributed by atoms with E-state index in [1.165, 1.54) is 37.1 Å². The first kappa shape index (κ1) is 18.7. The Labute approximate surface area is 157 Å². The first-order chi connectivity index (χ1) is 12.5. The highest BCUT2D eigenvalue weighted by Crippen LogP contribution is 2.18. The summed E-state index contributed by atoms with van der Waals surface area (Å²) in [6.45, 7) is 9.76. The number of nitrogens with one attached hydrogen (secondary N) is 1. The molecule has 0 radical (unpaired) electrons. The standard InChI is InChI=1S/C23H30N2O/c1-17-6-10-21(11-7-17)19(3)24-23(26)22-12-8-20(9-13-22)16-25-14-4-5-18(2)15-25/h6-13,18-19H,4-5,14-16H2,1-3H3,(H,24,26)/t18-,19-/m1/s1. The van der Waals surface area contributed by atoms with Crippen LogP contribution in [-0.2, 0) is 6.54 Å². The zero-order valence-corrected chi connectivity index (χ0v) is 16.2. The van der Waals surface area contributed by atoms with E-state index in [9.17, 15) is 4.79 Å². The molecule has 3 nitrogen and oxygen atoms in total. The Hall–Kier alpha value is -2.13. The van der Waals surface area contributed by atoms with Gasteiger partial charge >= 0.3 is 0 Å². The molecule has 1 fully saturated rings. The Morgan fingerprint density at radius 1 is 1.15 bits per heavy atom. The van der Waals surface area contributed by atoms with E-state index in [0.717, 1.165) is 23.6 Å². The minimum Gasteiger partial charge on any atom is -0.346 e. The highest BCUT2D eigenvalue weighted by atomic mass is 16.1. The summed E-state index contributed by atoms with van der Waals surface area (Å²) in [4.78, 5) is 15.0. The van der Waals surface area contributed by atoms with Crippen LogP contribution >= 0.6 is 0 Å². The molecular weight excluding hydrogens is 320 g/mol. The van der Waals surface area contributed by atoms with Gasteiger partial charge < -0.3 is 5.32 Å². The quantitative estimate of drug-likeness (QED) is 0.846. The monoisotopic (exact) mass is 350 g/mol. The molecule has 0 aromatic heterocycles. The van der Waals surface area contributed by atoms with E-state index in [4.69, 9.17) is 0 Å².